The lowest BCUT2D eigenvalue weighted by Crippen LogP contribution is -2.35. The van der Waals surface area contributed by atoms with Crippen LogP contribution in [0, 0.1) is 0 Å². The minimum Gasteiger partial charge on any atom is -0.496 e. The van der Waals surface area contributed by atoms with Crippen LogP contribution in [0.2, 0.25) is 0 Å². The van der Waals surface area contributed by atoms with E-state index in [1.54, 1.807) is 7.11 Å². The van der Waals surface area contributed by atoms with Crippen LogP contribution in [0.4, 0.5) is 5.69 Å². The Labute approximate surface area is 116 Å². The first-order valence-electron chi connectivity index (χ1n) is 7.23. The SMILES string of the molecule is CCC1CCC(C)N1c1cccc(OC)c1[C@H](C)O. The van der Waals surface area contributed by atoms with Gasteiger partial charge in [-0.15, -0.1) is 0 Å². The Morgan fingerprint density at radius 3 is 2.74 bits per heavy atom. The molecule has 19 heavy (non-hydrogen) atoms. The van der Waals surface area contributed by atoms with Gasteiger partial charge in [0.1, 0.15) is 5.75 Å². The second kappa shape index (κ2) is 5.83. The molecule has 106 valence electrons. The monoisotopic (exact) mass is 263 g/mol. The first-order valence-corrected chi connectivity index (χ1v) is 7.23. The zero-order valence-electron chi connectivity index (χ0n) is 12.4. The number of rotatable bonds is 4. The summed E-state index contributed by atoms with van der Waals surface area (Å²) in [7, 11) is 1.66. The van der Waals surface area contributed by atoms with Gasteiger partial charge in [0, 0.05) is 23.3 Å². The van der Waals surface area contributed by atoms with Crippen LogP contribution in [-0.4, -0.2) is 24.3 Å². The van der Waals surface area contributed by atoms with Gasteiger partial charge in [-0.05, 0) is 45.2 Å². The highest BCUT2D eigenvalue weighted by Crippen LogP contribution is 2.40. The maximum atomic E-state index is 10.1. The normalized spacial score (nSPS) is 24.6. The molecule has 0 bridgehead atoms. The molecule has 0 spiro atoms. The van der Waals surface area contributed by atoms with Gasteiger partial charge in [-0.3, -0.25) is 0 Å². The highest BCUT2D eigenvalue weighted by molar-refractivity contribution is 5.62. The highest BCUT2D eigenvalue weighted by atomic mass is 16.5. The van der Waals surface area contributed by atoms with E-state index in [2.05, 4.69) is 24.8 Å². The van der Waals surface area contributed by atoms with Crippen molar-refractivity contribution in [1.82, 2.24) is 0 Å². The lowest BCUT2D eigenvalue weighted by molar-refractivity contribution is 0.194. The van der Waals surface area contributed by atoms with E-state index in [4.69, 9.17) is 4.74 Å². The second-order valence-corrected chi connectivity index (χ2v) is 5.46. The molecule has 1 heterocycles. The van der Waals surface area contributed by atoms with Crippen molar-refractivity contribution in [3.05, 3.63) is 23.8 Å². The third kappa shape index (κ3) is 2.57. The molecule has 0 amide bonds. The van der Waals surface area contributed by atoms with Crippen molar-refractivity contribution in [2.45, 2.75) is 58.2 Å². The first-order chi connectivity index (χ1) is 9.10. The van der Waals surface area contributed by atoms with Crippen LogP contribution in [0.3, 0.4) is 0 Å². The number of benzene rings is 1. The fraction of sp³-hybridized carbons (Fsp3) is 0.625. The van der Waals surface area contributed by atoms with Crippen LogP contribution >= 0.6 is 0 Å². The lowest BCUT2D eigenvalue weighted by atomic mass is 10.0. The summed E-state index contributed by atoms with van der Waals surface area (Å²) in [5.74, 6) is 0.779. The summed E-state index contributed by atoms with van der Waals surface area (Å²) in [4.78, 5) is 2.46. The van der Waals surface area contributed by atoms with Crippen molar-refractivity contribution in [2.75, 3.05) is 12.0 Å². The largest absolute Gasteiger partial charge is 0.496 e. The van der Waals surface area contributed by atoms with Gasteiger partial charge in [0.05, 0.1) is 13.2 Å². The van der Waals surface area contributed by atoms with Crippen molar-refractivity contribution < 1.29 is 9.84 Å². The van der Waals surface area contributed by atoms with E-state index in [0.29, 0.717) is 12.1 Å². The van der Waals surface area contributed by atoms with Gasteiger partial charge in [0.15, 0.2) is 0 Å². The van der Waals surface area contributed by atoms with Crippen LogP contribution in [0.1, 0.15) is 51.7 Å². The van der Waals surface area contributed by atoms with Crippen molar-refractivity contribution in [1.29, 1.82) is 0 Å². The van der Waals surface area contributed by atoms with Crippen LogP contribution in [0.25, 0.3) is 0 Å². The summed E-state index contributed by atoms with van der Waals surface area (Å²) in [6.07, 6.45) is 3.07. The number of ether oxygens (including phenoxy) is 1. The zero-order valence-corrected chi connectivity index (χ0v) is 12.4. The molecule has 1 aliphatic rings. The molecular weight excluding hydrogens is 238 g/mol. The average Bonchev–Trinajstić information content (AvgIpc) is 2.78. The standard InChI is InChI=1S/C16H25NO2/c1-5-13-10-9-11(2)17(13)14-7-6-8-15(19-4)16(14)12(3)18/h6-8,11-13,18H,5,9-10H2,1-4H3/t11?,12-,13?/m0/s1. The molecule has 1 saturated heterocycles. The fourth-order valence-corrected chi connectivity index (χ4v) is 3.26. The highest BCUT2D eigenvalue weighted by Gasteiger charge is 2.32. The summed E-state index contributed by atoms with van der Waals surface area (Å²) >= 11 is 0. The van der Waals surface area contributed by atoms with Crippen LogP contribution < -0.4 is 9.64 Å². The van der Waals surface area contributed by atoms with Crippen molar-refractivity contribution in [3.63, 3.8) is 0 Å². The molecule has 0 radical (unpaired) electrons. The average molecular weight is 263 g/mol. The number of methoxy groups -OCH3 is 1. The molecule has 1 fully saturated rings. The van der Waals surface area contributed by atoms with Gasteiger partial charge in [0.2, 0.25) is 0 Å². The van der Waals surface area contributed by atoms with Gasteiger partial charge < -0.3 is 14.7 Å². The Morgan fingerprint density at radius 2 is 2.16 bits per heavy atom. The maximum absolute atomic E-state index is 10.1. The van der Waals surface area contributed by atoms with E-state index in [9.17, 15) is 5.11 Å². The zero-order chi connectivity index (χ0) is 14.0. The first kappa shape index (κ1) is 14.2. The molecule has 1 aromatic carbocycles. The maximum Gasteiger partial charge on any atom is 0.126 e. The van der Waals surface area contributed by atoms with Crippen molar-refractivity contribution in [2.24, 2.45) is 0 Å². The van der Waals surface area contributed by atoms with Crippen LogP contribution in [0.15, 0.2) is 18.2 Å². The molecule has 3 atom stereocenters. The topological polar surface area (TPSA) is 32.7 Å². The Balaban J connectivity index is 2.49. The number of aliphatic hydroxyl groups is 1. The van der Waals surface area contributed by atoms with E-state index in [0.717, 1.165) is 23.4 Å². The number of aliphatic hydroxyl groups excluding tert-OH is 1. The molecule has 1 N–H and O–H groups in total. The molecule has 1 aromatic rings. The van der Waals surface area contributed by atoms with E-state index < -0.39 is 6.10 Å². The van der Waals surface area contributed by atoms with Gasteiger partial charge in [-0.25, -0.2) is 0 Å². The molecule has 2 rings (SSSR count). The van der Waals surface area contributed by atoms with Gasteiger partial charge in [-0.1, -0.05) is 13.0 Å². The quantitative estimate of drug-likeness (QED) is 0.902. The van der Waals surface area contributed by atoms with E-state index in [1.807, 2.05) is 19.1 Å². The molecule has 0 saturated carbocycles. The van der Waals surface area contributed by atoms with Crippen molar-refractivity contribution >= 4 is 5.69 Å². The fourth-order valence-electron chi connectivity index (χ4n) is 3.26. The number of hydrogen-bond donors (Lipinski definition) is 1. The van der Waals surface area contributed by atoms with Crippen LogP contribution in [-0.2, 0) is 0 Å². The number of nitrogens with zero attached hydrogens (tertiary/aromatic N) is 1. The number of hydrogen-bond acceptors (Lipinski definition) is 3. The summed E-state index contributed by atoms with van der Waals surface area (Å²) in [6.45, 7) is 6.31. The minimum atomic E-state index is -0.517. The van der Waals surface area contributed by atoms with E-state index in [-0.39, 0.29) is 0 Å². The lowest BCUT2D eigenvalue weighted by Gasteiger charge is -2.33. The minimum absolute atomic E-state index is 0.517. The molecule has 1 aliphatic heterocycles. The Kier molecular flexibility index (Phi) is 4.35. The van der Waals surface area contributed by atoms with Crippen molar-refractivity contribution in [3.8, 4) is 5.75 Å². The summed E-state index contributed by atoms with van der Waals surface area (Å²) in [5, 5.41) is 10.1. The van der Waals surface area contributed by atoms with E-state index >= 15 is 0 Å². The molecule has 3 heteroatoms. The summed E-state index contributed by atoms with van der Waals surface area (Å²) in [6, 6.07) is 7.13. The Bertz CT molecular complexity index is 431. The summed E-state index contributed by atoms with van der Waals surface area (Å²) in [5.41, 5.74) is 2.04. The van der Waals surface area contributed by atoms with Gasteiger partial charge in [-0.2, -0.15) is 0 Å². The van der Waals surface area contributed by atoms with Crippen LogP contribution in [0.5, 0.6) is 5.75 Å². The predicted octanol–water partition coefficient (Wildman–Crippen LogP) is 3.52. The smallest absolute Gasteiger partial charge is 0.126 e. The Hall–Kier alpha value is -1.22. The summed E-state index contributed by atoms with van der Waals surface area (Å²) < 4.78 is 5.42. The second-order valence-electron chi connectivity index (χ2n) is 5.46. The number of anilines is 1. The Morgan fingerprint density at radius 1 is 1.42 bits per heavy atom. The van der Waals surface area contributed by atoms with Gasteiger partial charge in [0.25, 0.3) is 0 Å². The molecule has 0 aliphatic carbocycles. The third-order valence-corrected chi connectivity index (χ3v) is 4.22. The van der Waals surface area contributed by atoms with E-state index in [1.165, 1.54) is 12.8 Å². The molecule has 2 unspecified atom stereocenters. The molecule has 3 nitrogen and oxygen atoms in total. The third-order valence-electron chi connectivity index (χ3n) is 4.22. The predicted molar refractivity (Wildman–Crippen MR) is 78.9 cm³/mol. The molecular formula is C16H25NO2. The van der Waals surface area contributed by atoms with Gasteiger partial charge >= 0.3 is 0 Å². The molecule has 0 aromatic heterocycles.